The second-order valence-electron chi connectivity index (χ2n) is 25.4. The molecule has 0 unspecified atom stereocenters. The van der Waals surface area contributed by atoms with E-state index in [2.05, 4.69) is 242 Å². The van der Waals surface area contributed by atoms with Crippen molar-refractivity contribution in [1.82, 2.24) is 4.57 Å². The summed E-state index contributed by atoms with van der Waals surface area (Å²) in [6.45, 7) is 21.9. The summed E-state index contributed by atoms with van der Waals surface area (Å²) >= 11 is 3.88. The van der Waals surface area contributed by atoms with Crippen LogP contribution in [0.25, 0.3) is 102 Å². The molecule has 76 heavy (non-hydrogen) atoms. The van der Waals surface area contributed by atoms with Crippen molar-refractivity contribution in [2.75, 3.05) is 4.81 Å². The van der Waals surface area contributed by atoms with Crippen LogP contribution in [0, 0.1) is 0 Å². The van der Waals surface area contributed by atoms with E-state index in [0.29, 0.717) is 0 Å². The van der Waals surface area contributed by atoms with Crippen molar-refractivity contribution in [2.24, 2.45) is 0 Å². The monoisotopic (exact) mass is 1010 g/mol. The van der Waals surface area contributed by atoms with Gasteiger partial charge < -0.3 is 9.38 Å². The molecule has 12 aromatic rings. The van der Waals surface area contributed by atoms with Gasteiger partial charge in [0.25, 0.3) is 0 Å². The van der Waals surface area contributed by atoms with Crippen LogP contribution in [0.15, 0.2) is 170 Å². The molecule has 368 valence electrons. The van der Waals surface area contributed by atoms with Gasteiger partial charge in [-0.05, 0) is 150 Å². The van der Waals surface area contributed by atoms with Crippen LogP contribution in [-0.2, 0) is 21.7 Å². The molecule has 0 atom stereocenters. The Morgan fingerprint density at radius 1 is 0.500 bits per heavy atom. The van der Waals surface area contributed by atoms with Gasteiger partial charge in [-0.15, -0.1) is 22.7 Å². The Kier molecular flexibility index (Phi) is 8.93. The Morgan fingerprint density at radius 2 is 1.16 bits per heavy atom. The first-order valence-electron chi connectivity index (χ1n) is 27.5. The van der Waals surface area contributed by atoms with Crippen LogP contribution in [0.1, 0.15) is 103 Å². The van der Waals surface area contributed by atoms with Crippen LogP contribution in [0.5, 0.6) is 0 Å². The summed E-state index contributed by atoms with van der Waals surface area (Å²) in [4.78, 5) is 4.09. The van der Waals surface area contributed by atoms with Crippen molar-refractivity contribution in [3.8, 4) is 49.5 Å². The standard InChI is InChI=1S/C71H59BN2S2/c1-68(2,3)42-28-30-43(31-29-42)74-55-39-59-46(44-24-17-19-27-57(44)75-59)34-47(55)62-61-45-25-16-18-26-50(45)71(8,9)64(61)63-48-35-51-52(70(6,7)33-32-69(51,4)5)37-54(48)73-56-36-49-58(38-53(56)72(74)65(62)66(63)73)76-67(41-22-14-11-15-23-41)60(49)40-20-12-10-13-21-40/h10-31,34-39H,32-33H2,1-9H3. The second kappa shape index (κ2) is 15.1. The highest BCUT2D eigenvalue weighted by Gasteiger charge is 2.51. The number of fused-ring (bicyclic) bond motifs is 18. The zero-order valence-corrected chi connectivity index (χ0v) is 46.5. The minimum Gasteiger partial charge on any atom is -0.376 e. The Labute approximate surface area is 454 Å². The van der Waals surface area contributed by atoms with E-state index in [-0.39, 0.29) is 28.5 Å². The number of aromatic nitrogens is 1. The highest BCUT2D eigenvalue weighted by atomic mass is 32.1. The first kappa shape index (κ1) is 45.1. The van der Waals surface area contributed by atoms with E-state index in [1.165, 1.54) is 158 Å². The Hall–Kier alpha value is -7.18. The first-order valence-corrected chi connectivity index (χ1v) is 29.1. The van der Waals surface area contributed by atoms with Crippen LogP contribution < -0.4 is 15.7 Å². The molecule has 0 saturated carbocycles. The lowest BCUT2D eigenvalue weighted by Gasteiger charge is -2.43. The molecule has 5 heteroatoms. The number of anilines is 2. The summed E-state index contributed by atoms with van der Waals surface area (Å²) in [7, 11) is 0. The third-order valence-electron chi connectivity index (χ3n) is 18.7. The molecule has 0 N–H and O–H groups in total. The fraction of sp³-hybridized carbons (Fsp3) is 0.211. The number of nitrogens with zero attached hydrogens (tertiary/aromatic N) is 2. The largest absolute Gasteiger partial charge is 0.376 e. The molecule has 5 heterocycles. The molecule has 2 nitrogen and oxygen atoms in total. The Balaban J connectivity index is 1.15. The molecule has 0 amide bonds. The first-order chi connectivity index (χ1) is 36.6. The fourth-order valence-corrected chi connectivity index (χ4v) is 17.2. The van der Waals surface area contributed by atoms with Crippen molar-refractivity contribution in [2.45, 2.75) is 96.8 Å². The average molecular weight is 1020 g/mol. The highest BCUT2D eigenvalue weighted by molar-refractivity contribution is 7.26. The van der Waals surface area contributed by atoms with Crippen LogP contribution in [0.3, 0.4) is 0 Å². The maximum absolute atomic E-state index is 2.80. The number of rotatable bonds is 3. The predicted octanol–water partition coefficient (Wildman–Crippen LogP) is 18.9. The van der Waals surface area contributed by atoms with Gasteiger partial charge >= 0.3 is 6.85 Å². The van der Waals surface area contributed by atoms with Crippen molar-refractivity contribution >= 4 is 104 Å². The molecule has 3 aromatic heterocycles. The van der Waals surface area contributed by atoms with Gasteiger partial charge in [-0.25, -0.2) is 0 Å². The van der Waals surface area contributed by atoms with Gasteiger partial charge in [-0.1, -0.05) is 178 Å². The minimum atomic E-state index is -0.276. The molecule has 9 aromatic carbocycles. The van der Waals surface area contributed by atoms with Crippen molar-refractivity contribution < 1.29 is 0 Å². The van der Waals surface area contributed by atoms with Gasteiger partial charge in [0.1, 0.15) is 0 Å². The fourth-order valence-electron chi connectivity index (χ4n) is 14.8. The van der Waals surface area contributed by atoms with Crippen molar-refractivity contribution in [3.63, 3.8) is 0 Å². The van der Waals surface area contributed by atoms with Gasteiger partial charge in [0.2, 0.25) is 0 Å². The van der Waals surface area contributed by atoms with E-state index in [9.17, 15) is 0 Å². The molecular weight excluding hydrogens is 956 g/mol. The molecular formula is C71H59BN2S2. The topological polar surface area (TPSA) is 8.17 Å². The summed E-state index contributed by atoms with van der Waals surface area (Å²) in [5.41, 5.74) is 25.6. The predicted molar refractivity (Wildman–Crippen MR) is 331 cm³/mol. The second-order valence-corrected chi connectivity index (χ2v) is 27.6. The molecule has 16 rings (SSSR count). The van der Waals surface area contributed by atoms with E-state index < -0.39 is 0 Å². The minimum absolute atomic E-state index is 0.0134. The van der Waals surface area contributed by atoms with E-state index >= 15 is 0 Å². The van der Waals surface area contributed by atoms with Gasteiger partial charge in [0, 0.05) is 79.5 Å². The molecule has 0 fully saturated rings. The molecule has 2 aliphatic heterocycles. The molecule has 4 aliphatic rings. The average Bonchev–Trinajstić information content (AvgIpc) is 3.82. The third-order valence-corrected chi connectivity index (χ3v) is 21.1. The maximum atomic E-state index is 2.80. The highest BCUT2D eigenvalue weighted by Crippen LogP contribution is 2.61. The number of benzene rings is 9. The van der Waals surface area contributed by atoms with Crippen LogP contribution in [-0.4, -0.2) is 11.4 Å². The number of hydrogen-bond acceptors (Lipinski definition) is 3. The van der Waals surface area contributed by atoms with Gasteiger partial charge in [0.15, 0.2) is 0 Å². The summed E-state index contributed by atoms with van der Waals surface area (Å²) in [5.74, 6) is 0. The SMILES string of the molecule is CC(C)(C)c1ccc(N2B3c4cc5sc(-c6ccccc6)c(-c6ccccc6)c5cc4-n4c5cc6c(cc5c5c7c(c(c3c54)-c3cc4c(cc32)sc2ccccc24)-c2ccccc2C7(C)C)C(C)(C)CCC6(C)C)cc1. The third kappa shape index (κ3) is 5.88. The lowest BCUT2D eigenvalue weighted by molar-refractivity contribution is 0.332. The van der Waals surface area contributed by atoms with Gasteiger partial charge in [-0.3, -0.25) is 0 Å². The molecule has 0 bridgehead atoms. The molecule has 0 radical (unpaired) electrons. The summed E-state index contributed by atoms with van der Waals surface area (Å²) in [6.07, 6.45) is 2.33. The van der Waals surface area contributed by atoms with Crippen molar-refractivity contribution in [1.29, 1.82) is 0 Å². The van der Waals surface area contributed by atoms with E-state index in [0.717, 1.165) is 6.42 Å². The van der Waals surface area contributed by atoms with Crippen LogP contribution >= 0.6 is 22.7 Å². The summed E-state index contributed by atoms with van der Waals surface area (Å²) in [5, 5.41) is 6.79. The quantitative estimate of drug-likeness (QED) is 0.160. The maximum Gasteiger partial charge on any atom is 0.333 e. The smallest absolute Gasteiger partial charge is 0.333 e. The summed E-state index contributed by atoms with van der Waals surface area (Å²) in [6, 6.07) is 66.3. The van der Waals surface area contributed by atoms with E-state index in [1.807, 2.05) is 22.7 Å². The lowest BCUT2D eigenvalue weighted by atomic mass is 9.43. The Morgan fingerprint density at radius 3 is 1.89 bits per heavy atom. The Bertz CT molecular complexity index is 4520. The molecule has 0 spiro atoms. The molecule has 0 saturated heterocycles. The van der Waals surface area contributed by atoms with Crippen molar-refractivity contribution in [3.05, 3.63) is 198 Å². The molecule has 2 aliphatic carbocycles. The zero-order chi connectivity index (χ0) is 51.5. The normalized spacial score (nSPS) is 16.4. The van der Waals surface area contributed by atoms with Crippen LogP contribution in [0.2, 0.25) is 0 Å². The number of hydrogen-bond donors (Lipinski definition) is 0. The van der Waals surface area contributed by atoms with Gasteiger partial charge in [0.05, 0.1) is 11.0 Å². The zero-order valence-electron chi connectivity index (χ0n) is 44.9. The van der Waals surface area contributed by atoms with Gasteiger partial charge in [-0.2, -0.15) is 0 Å². The lowest BCUT2D eigenvalue weighted by Crippen LogP contribution is -2.60. The number of thiophene rings is 2. The summed E-state index contributed by atoms with van der Waals surface area (Å²) < 4.78 is 6.77. The van der Waals surface area contributed by atoms with E-state index in [1.54, 1.807) is 0 Å². The van der Waals surface area contributed by atoms with Crippen LogP contribution in [0.4, 0.5) is 11.4 Å². The van der Waals surface area contributed by atoms with E-state index in [4.69, 9.17) is 0 Å².